The zero-order valence-electron chi connectivity index (χ0n) is 19.5. The van der Waals surface area contributed by atoms with Crippen molar-refractivity contribution in [3.8, 4) is 0 Å². The molecule has 6 atom stereocenters. The molecule has 1 unspecified atom stereocenters. The van der Waals surface area contributed by atoms with Crippen molar-refractivity contribution >= 4 is 29.5 Å². The van der Waals surface area contributed by atoms with Crippen LogP contribution in [0.15, 0.2) is 24.3 Å². The van der Waals surface area contributed by atoms with Crippen LogP contribution in [0.25, 0.3) is 0 Å². The molecule has 2 amide bonds. The average molecular weight is 463 g/mol. The smallest absolute Gasteiger partial charge is 0.311 e. The molecule has 2 fully saturated rings. The summed E-state index contributed by atoms with van der Waals surface area (Å²) in [6.45, 7) is 10.3. The Morgan fingerprint density at radius 1 is 1.22 bits per heavy atom. The van der Waals surface area contributed by atoms with Gasteiger partial charge in [-0.1, -0.05) is 38.2 Å². The van der Waals surface area contributed by atoms with Crippen molar-refractivity contribution in [3.05, 3.63) is 24.3 Å². The molecular formula is C24H34N2O5S. The number of carbonyl (C=O) groups is 3. The number of esters is 1. The maximum Gasteiger partial charge on any atom is 0.311 e. The molecule has 0 aromatic heterocycles. The molecule has 1 spiro atoms. The number of likely N-dealkylation sites (tertiary alicyclic amines) is 1. The maximum atomic E-state index is 14.1. The summed E-state index contributed by atoms with van der Waals surface area (Å²) in [6.07, 6.45) is 8.62. The first-order valence-corrected chi connectivity index (χ1v) is 12.4. The molecule has 7 nitrogen and oxygen atoms in total. The first-order valence-electron chi connectivity index (χ1n) is 11.5. The molecule has 0 aliphatic carbocycles. The van der Waals surface area contributed by atoms with Crippen LogP contribution in [0, 0.1) is 17.8 Å². The Morgan fingerprint density at radius 3 is 2.56 bits per heavy atom. The van der Waals surface area contributed by atoms with Crippen LogP contribution in [0.4, 0.5) is 0 Å². The monoisotopic (exact) mass is 462 g/mol. The number of thioether (sulfide) groups is 1. The van der Waals surface area contributed by atoms with E-state index in [-0.39, 0.29) is 35.6 Å². The summed E-state index contributed by atoms with van der Waals surface area (Å²) in [5.74, 6) is -2.13. The second-order valence-corrected chi connectivity index (χ2v) is 12.0. The normalized spacial score (nSPS) is 35.8. The highest BCUT2D eigenvalue weighted by Crippen LogP contribution is 2.61. The van der Waals surface area contributed by atoms with Gasteiger partial charge in [0.25, 0.3) is 0 Å². The lowest BCUT2D eigenvalue weighted by Gasteiger charge is -2.43. The summed E-state index contributed by atoms with van der Waals surface area (Å²) < 4.78 is 4.61. The van der Waals surface area contributed by atoms with E-state index in [0.29, 0.717) is 19.6 Å². The van der Waals surface area contributed by atoms with Crippen LogP contribution in [0.2, 0.25) is 0 Å². The number of ether oxygens (including phenoxy) is 1. The minimum Gasteiger partial charge on any atom is -0.465 e. The summed E-state index contributed by atoms with van der Waals surface area (Å²) in [5.41, 5.74) is -0.434. The Labute approximate surface area is 194 Å². The summed E-state index contributed by atoms with van der Waals surface area (Å²) in [4.78, 5) is 44.6. The third-order valence-electron chi connectivity index (χ3n) is 7.18. The minimum atomic E-state index is -0.875. The van der Waals surface area contributed by atoms with Crippen LogP contribution in [-0.4, -0.2) is 80.1 Å². The number of cyclic esters (lactones) is 1. The van der Waals surface area contributed by atoms with Crippen molar-refractivity contribution < 1.29 is 24.2 Å². The molecular weight excluding hydrogens is 428 g/mol. The molecule has 0 bridgehead atoms. The Balaban J connectivity index is 1.90. The number of aliphatic hydroxyl groups is 1. The zero-order chi connectivity index (χ0) is 23.4. The van der Waals surface area contributed by atoms with Crippen molar-refractivity contribution in [2.45, 2.75) is 68.7 Å². The van der Waals surface area contributed by atoms with E-state index in [1.807, 2.05) is 58.9 Å². The second kappa shape index (κ2) is 8.20. The highest BCUT2D eigenvalue weighted by atomic mass is 32.2. The van der Waals surface area contributed by atoms with Crippen molar-refractivity contribution in [1.29, 1.82) is 0 Å². The SMILES string of the molecule is CC(C)[C@H](CO)N1C(=O)[C@@H]2[C@H]3C(=O)OCCC=C[C@H]3S[C@@]23C=CCN(C(C)(C)C)C(=O)C13. The standard InChI is InChI=1S/C24H34N2O5S/c1-14(2)15(13-27)26-19-21(29)25(23(3,4)5)11-8-10-24(19)18(20(26)28)17-16(32-24)9-6-7-12-31-22(17)30/h6,8-10,14-19,27H,7,11-13H2,1-5H3/t15-,16+,17-,18-,19?,24-/m0/s1. The van der Waals surface area contributed by atoms with E-state index in [0.717, 1.165) is 0 Å². The van der Waals surface area contributed by atoms with Gasteiger partial charge in [-0.3, -0.25) is 14.4 Å². The number of hydrogen-bond donors (Lipinski definition) is 1. The van der Waals surface area contributed by atoms with Gasteiger partial charge in [0.1, 0.15) is 6.04 Å². The second-order valence-electron chi connectivity index (χ2n) is 10.5. The number of fused-ring (bicyclic) bond motifs is 2. The Morgan fingerprint density at radius 2 is 1.94 bits per heavy atom. The molecule has 176 valence electrons. The molecule has 0 saturated carbocycles. The van der Waals surface area contributed by atoms with Crippen LogP contribution in [0.3, 0.4) is 0 Å². The third-order valence-corrected chi connectivity index (χ3v) is 8.93. The molecule has 4 aliphatic rings. The van der Waals surface area contributed by atoms with E-state index in [9.17, 15) is 19.5 Å². The fraction of sp³-hybridized carbons (Fsp3) is 0.708. The van der Waals surface area contributed by atoms with Crippen molar-refractivity contribution in [1.82, 2.24) is 9.80 Å². The van der Waals surface area contributed by atoms with Crippen LogP contribution >= 0.6 is 11.8 Å². The molecule has 2 saturated heterocycles. The minimum absolute atomic E-state index is 0.0482. The molecule has 4 heterocycles. The molecule has 1 N–H and O–H groups in total. The number of aliphatic hydroxyl groups excluding tert-OH is 1. The quantitative estimate of drug-likeness (QED) is 0.510. The molecule has 0 radical (unpaired) electrons. The van der Waals surface area contributed by atoms with Crippen LogP contribution in [0.1, 0.15) is 41.0 Å². The lowest BCUT2D eigenvalue weighted by atomic mass is 9.78. The van der Waals surface area contributed by atoms with E-state index in [1.54, 1.807) is 9.80 Å². The van der Waals surface area contributed by atoms with Gasteiger partial charge in [0.2, 0.25) is 11.8 Å². The first kappa shape index (κ1) is 23.4. The Kier molecular flexibility index (Phi) is 5.99. The van der Waals surface area contributed by atoms with Crippen molar-refractivity contribution in [2.24, 2.45) is 17.8 Å². The van der Waals surface area contributed by atoms with Gasteiger partial charge in [-0.25, -0.2) is 0 Å². The summed E-state index contributed by atoms with van der Waals surface area (Å²) in [5, 5.41) is 10.00. The number of rotatable bonds is 3. The van der Waals surface area contributed by atoms with E-state index in [2.05, 4.69) is 0 Å². The molecule has 32 heavy (non-hydrogen) atoms. The summed E-state index contributed by atoms with van der Waals surface area (Å²) >= 11 is 1.53. The van der Waals surface area contributed by atoms with E-state index < -0.39 is 34.2 Å². The van der Waals surface area contributed by atoms with Crippen molar-refractivity contribution in [3.63, 3.8) is 0 Å². The molecule has 4 rings (SSSR count). The fourth-order valence-electron chi connectivity index (χ4n) is 5.63. The topological polar surface area (TPSA) is 87.2 Å². The van der Waals surface area contributed by atoms with E-state index >= 15 is 0 Å². The van der Waals surface area contributed by atoms with Gasteiger partial charge in [-0.05, 0) is 33.1 Å². The Bertz CT molecular complexity index is 863. The largest absolute Gasteiger partial charge is 0.465 e. The Hall–Kier alpha value is -1.80. The number of amides is 2. The molecule has 8 heteroatoms. The number of carbonyl (C=O) groups excluding carboxylic acids is 3. The fourth-order valence-corrected chi connectivity index (χ4v) is 7.62. The lowest BCUT2D eigenvalue weighted by molar-refractivity contribution is -0.154. The van der Waals surface area contributed by atoms with Gasteiger partial charge in [0.15, 0.2) is 0 Å². The van der Waals surface area contributed by atoms with Gasteiger partial charge >= 0.3 is 5.97 Å². The number of hydrogen-bond acceptors (Lipinski definition) is 6. The predicted molar refractivity (Wildman–Crippen MR) is 123 cm³/mol. The maximum absolute atomic E-state index is 14.1. The molecule has 4 aliphatic heterocycles. The predicted octanol–water partition coefficient (Wildman–Crippen LogP) is 2.00. The highest BCUT2D eigenvalue weighted by Gasteiger charge is 2.72. The van der Waals surface area contributed by atoms with Gasteiger partial charge < -0.3 is 19.6 Å². The highest BCUT2D eigenvalue weighted by molar-refractivity contribution is 8.02. The van der Waals surface area contributed by atoms with Crippen LogP contribution in [0.5, 0.6) is 0 Å². The zero-order valence-corrected chi connectivity index (χ0v) is 20.3. The van der Waals surface area contributed by atoms with Crippen molar-refractivity contribution in [2.75, 3.05) is 19.8 Å². The van der Waals surface area contributed by atoms with Gasteiger partial charge in [0.05, 0.1) is 35.8 Å². The van der Waals surface area contributed by atoms with Crippen LogP contribution < -0.4 is 0 Å². The first-order chi connectivity index (χ1) is 15.0. The van der Waals surface area contributed by atoms with E-state index in [4.69, 9.17) is 4.74 Å². The summed E-state index contributed by atoms with van der Waals surface area (Å²) in [6, 6.07) is -1.29. The molecule has 0 aromatic carbocycles. The summed E-state index contributed by atoms with van der Waals surface area (Å²) in [7, 11) is 0. The third kappa shape index (κ3) is 3.41. The number of nitrogens with zero attached hydrogens (tertiary/aromatic N) is 2. The van der Waals surface area contributed by atoms with Crippen LogP contribution in [-0.2, 0) is 19.1 Å². The van der Waals surface area contributed by atoms with Gasteiger partial charge in [-0.2, -0.15) is 0 Å². The molecule has 0 aromatic rings. The average Bonchev–Trinajstić information content (AvgIpc) is 3.06. The van der Waals surface area contributed by atoms with Gasteiger partial charge in [-0.15, -0.1) is 11.8 Å². The van der Waals surface area contributed by atoms with Gasteiger partial charge in [0, 0.05) is 17.3 Å². The van der Waals surface area contributed by atoms with E-state index in [1.165, 1.54) is 11.8 Å². The lowest BCUT2D eigenvalue weighted by Crippen LogP contribution is -2.60.